The molecule has 0 unspecified atom stereocenters. The lowest BCUT2D eigenvalue weighted by atomic mass is 9.94. The average Bonchev–Trinajstić information content (AvgIpc) is 3.11. The number of hydrogen-bond donors (Lipinski definition) is 1. The first-order valence-corrected chi connectivity index (χ1v) is 12.6. The molecule has 0 bridgehead atoms. The molecular formula is C24H29N3O6S. The van der Waals surface area contributed by atoms with Gasteiger partial charge in [0.2, 0.25) is 15.9 Å². The molecule has 0 spiro atoms. The SMILES string of the molecule is COc1cccc(CNC(=O)Cn2c(=O)oc3cc(S(=O)(=O)N4C[C@H](C)C[C@@H](C)C4)ccc32)c1. The summed E-state index contributed by atoms with van der Waals surface area (Å²) in [5.74, 6) is 0.137. The summed E-state index contributed by atoms with van der Waals surface area (Å²) in [5, 5.41) is 2.77. The molecule has 10 heteroatoms. The molecule has 34 heavy (non-hydrogen) atoms. The zero-order valence-electron chi connectivity index (χ0n) is 19.5. The van der Waals surface area contributed by atoms with Gasteiger partial charge in [0.05, 0.1) is 17.5 Å². The number of amides is 1. The first-order chi connectivity index (χ1) is 16.2. The summed E-state index contributed by atoms with van der Waals surface area (Å²) in [5.41, 5.74) is 1.35. The van der Waals surface area contributed by atoms with E-state index < -0.39 is 15.8 Å². The van der Waals surface area contributed by atoms with Crippen LogP contribution in [0, 0.1) is 11.8 Å². The van der Waals surface area contributed by atoms with Crippen LogP contribution < -0.4 is 15.8 Å². The van der Waals surface area contributed by atoms with Crippen molar-refractivity contribution >= 4 is 27.0 Å². The van der Waals surface area contributed by atoms with Gasteiger partial charge in [-0.05, 0) is 48.1 Å². The Kier molecular flexibility index (Phi) is 6.81. The van der Waals surface area contributed by atoms with E-state index >= 15 is 0 Å². The highest BCUT2D eigenvalue weighted by atomic mass is 32.2. The Morgan fingerprint density at radius 1 is 1.15 bits per heavy atom. The maximum Gasteiger partial charge on any atom is 0.420 e. The second-order valence-electron chi connectivity index (χ2n) is 8.98. The van der Waals surface area contributed by atoms with Gasteiger partial charge in [-0.1, -0.05) is 26.0 Å². The summed E-state index contributed by atoms with van der Waals surface area (Å²) in [4.78, 5) is 25.0. The smallest absolute Gasteiger partial charge is 0.420 e. The number of fused-ring (bicyclic) bond motifs is 1. The van der Waals surface area contributed by atoms with E-state index in [1.54, 1.807) is 7.11 Å². The molecule has 0 saturated carbocycles. The summed E-state index contributed by atoms with van der Waals surface area (Å²) in [6.45, 7) is 5.03. The van der Waals surface area contributed by atoms with Crippen LogP contribution >= 0.6 is 0 Å². The van der Waals surface area contributed by atoms with Crippen LogP contribution in [0.3, 0.4) is 0 Å². The van der Waals surface area contributed by atoms with Gasteiger partial charge < -0.3 is 14.5 Å². The van der Waals surface area contributed by atoms with Gasteiger partial charge in [0.25, 0.3) is 0 Å². The lowest BCUT2D eigenvalue weighted by Gasteiger charge is -2.34. The van der Waals surface area contributed by atoms with Crippen LogP contribution in [-0.4, -0.2) is 43.4 Å². The lowest BCUT2D eigenvalue weighted by Crippen LogP contribution is -2.42. The van der Waals surface area contributed by atoms with Crippen LogP contribution in [0.4, 0.5) is 0 Å². The Hall–Kier alpha value is -3.11. The van der Waals surface area contributed by atoms with Crippen molar-refractivity contribution in [3.63, 3.8) is 0 Å². The van der Waals surface area contributed by atoms with E-state index in [-0.39, 0.29) is 41.3 Å². The number of nitrogens with zero attached hydrogens (tertiary/aromatic N) is 2. The van der Waals surface area contributed by atoms with Gasteiger partial charge in [0.1, 0.15) is 12.3 Å². The number of aromatic nitrogens is 1. The van der Waals surface area contributed by atoms with Crippen molar-refractivity contribution in [3.8, 4) is 5.75 Å². The molecule has 182 valence electrons. The van der Waals surface area contributed by atoms with Crippen LogP contribution in [0.5, 0.6) is 5.75 Å². The van der Waals surface area contributed by atoms with E-state index in [1.807, 2.05) is 38.1 Å². The number of sulfonamides is 1. The maximum atomic E-state index is 13.2. The van der Waals surface area contributed by atoms with Gasteiger partial charge in [0.15, 0.2) is 5.58 Å². The molecule has 1 aromatic heterocycles. The molecule has 9 nitrogen and oxygen atoms in total. The van der Waals surface area contributed by atoms with Crippen LogP contribution in [0.2, 0.25) is 0 Å². The number of carbonyl (C=O) groups excluding carboxylic acids is 1. The Morgan fingerprint density at radius 3 is 2.59 bits per heavy atom. The normalized spacial score (nSPS) is 19.3. The van der Waals surface area contributed by atoms with E-state index in [2.05, 4.69) is 5.32 Å². The van der Waals surface area contributed by atoms with E-state index in [4.69, 9.17) is 9.15 Å². The van der Waals surface area contributed by atoms with Crippen molar-refractivity contribution in [2.75, 3.05) is 20.2 Å². The number of methoxy groups -OCH3 is 1. The molecule has 1 aliphatic rings. The zero-order valence-corrected chi connectivity index (χ0v) is 20.3. The lowest BCUT2D eigenvalue weighted by molar-refractivity contribution is -0.121. The monoisotopic (exact) mass is 487 g/mol. The summed E-state index contributed by atoms with van der Waals surface area (Å²) >= 11 is 0. The third-order valence-electron chi connectivity index (χ3n) is 6.04. The molecule has 2 aromatic carbocycles. The van der Waals surface area contributed by atoms with Crippen LogP contribution in [-0.2, 0) is 27.9 Å². The second kappa shape index (κ2) is 9.63. The minimum Gasteiger partial charge on any atom is -0.497 e. The number of rotatable bonds is 7. The maximum absolute atomic E-state index is 13.2. The van der Waals surface area contributed by atoms with Gasteiger partial charge in [-0.25, -0.2) is 13.2 Å². The molecule has 0 aliphatic carbocycles. The Morgan fingerprint density at radius 2 is 1.88 bits per heavy atom. The fraction of sp³-hybridized carbons (Fsp3) is 0.417. The number of nitrogens with one attached hydrogen (secondary N) is 1. The van der Waals surface area contributed by atoms with Crippen molar-refractivity contribution < 1.29 is 22.4 Å². The minimum atomic E-state index is -3.72. The molecule has 1 N–H and O–H groups in total. The van der Waals surface area contributed by atoms with Gasteiger partial charge in [-0.3, -0.25) is 9.36 Å². The van der Waals surface area contributed by atoms with E-state index in [9.17, 15) is 18.0 Å². The van der Waals surface area contributed by atoms with Gasteiger partial charge in [-0.2, -0.15) is 4.31 Å². The molecule has 3 aromatic rings. The molecule has 2 heterocycles. The zero-order chi connectivity index (χ0) is 24.5. The predicted octanol–water partition coefficient (Wildman–Crippen LogP) is 2.59. The number of hydrogen-bond acceptors (Lipinski definition) is 6. The molecule has 1 aliphatic heterocycles. The third-order valence-corrected chi connectivity index (χ3v) is 7.87. The Labute approximate surface area is 198 Å². The fourth-order valence-corrected chi connectivity index (χ4v) is 6.19. The highest BCUT2D eigenvalue weighted by Gasteiger charge is 2.32. The van der Waals surface area contributed by atoms with Crippen molar-refractivity contribution in [3.05, 3.63) is 58.6 Å². The quantitative estimate of drug-likeness (QED) is 0.548. The fourth-order valence-electron chi connectivity index (χ4n) is 4.49. The third kappa shape index (κ3) is 5.02. The Balaban J connectivity index is 1.51. The van der Waals surface area contributed by atoms with Crippen LogP contribution in [0.15, 0.2) is 56.6 Å². The van der Waals surface area contributed by atoms with Crippen molar-refractivity contribution in [1.29, 1.82) is 0 Å². The summed E-state index contributed by atoms with van der Waals surface area (Å²) < 4.78 is 39.5. The van der Waals surface area contributed by atoms with Gasteiger partial charge in [-0.15, -0.1) is 0 Å². The topological polar surface area (TPSA) is 111 Å². The average molecular weight is 488 g/mol. The standard InChI is InChI=1S/C24H29N3O6S/c1-16-9-17(2)14-26(13-16)34(30,31)20-7-8-21-22(11-20)33-24(29)27(21)15-23(28)25-12-18-5-4-6-19(10-18)32-3/h4-8,10-11,16-17H,9,12-15H2,1-3H3,(H,25,28)/t16-,17-/m1/s1. The number of piperidine rings is 1. The largest absolute Gasteiger partial charge is 0.497 e. The van der Waals surface area contributed by atoms with E-state index in [0.29, 0.717) is 24.4 Å². The highest BCUT2D eigenvalue weighted by molar-refractivity contribution is 7.89. The highest BCUT2D eigenvalue weighted by Crippen LogP contribution is 2.28. The Bertz CT molecular complexity index is 1350. The minimum absolute atomic E-state index is 0.0738. The predicted molar refractivity (Wildman–Crippen MR) is 127 cm³/mol. The van der Waals surface area contributed by atoms with E-state index in [0.717, 1.165) is 12.0 Å². The molecule has 1 amide bonds. The summed E-state index contributed by atoms with van der Waals surface area (Å²) in [6, 6.07) is 11.6. The second-order valence-corrected chi connectivity index (χ2v) is 10.9. The molecule has 4 rings (SSSR count). The summed E-state index contributed by atoms with van der Waals surface area (Å²) in [6.07, 6.45) is 0.989. The summed E-state index contributed by atoms with van der Waals surface area (Å²) in [7, 11) is -2.15. The molecule has 1 saturated heterocycles. The van der Waals surface area contributed by atoms with Crippen molar-refractivity contribution in [2.24, 2.45) is 11.8 Å². The molecular weight excluding hydrogens is 458 g/mol. The number of ether oxygens (including phenoxy) is 1. The van der Waals surface area contributed by atoms with Crippen molar-refractivity contribution in [2.45, 2.75) is 38.3 Å². The molecule has 2 atom stereocenters. The molecule has 0 radical (unpaired) electrons. The first kappa shape index (κ1) is 24.0. The van der Waals surface area contributed by atoms with Crippen molar-refractivity contribution in [1.82, 2.24) is 14.2 Å². The molecule has 1 fully saturated rings. The number of carbonyl (C=O) groups is 1. The van der Waals surface area contributed by atoms with Crippen LogP contribution in [0.25, 0.3) is 11.1 Å². The number of benzene rings is 2. The first-order valence-electron chi connectivity index (χ1n) is 11.2. The van der Waals surface area contributed by atoms with Gasteiger partial charge >= 0.3 is 5.76 Å². The number of oxazole rings is 1. The van der Waals surface area contributed by atoms with Crippen LogP contribution in [0.1, 0.15) is 25.8 Å². The van der Waals surface area contributed by atoms with Gasteiger partial charge in [0, 0.05) is 25.7 Å². The van der Waals surface area contributed by atoms with E-state index in [1.165, 1.54) is 27.1 Å².